The van der Waals surface area contributed by atoms with Gasteiger partial charge in [-0.05, 0) is 24.3 Å². The number of carbonyl (C=O) groups is 1. The molecule has 2 heterocycles. The average Bonchev–Trinajstić information content (AvgIpc) is 3.06. The van der Waals surface area contributed by atoms with Crippen molar-refractivity contribution in [2.24, 2.45) is 0 Å². The summed E-state index contributed by atoms with van der Waals surface area (Å²) in [6.45, 7) is 0.356. The number of carboxylic acids is 1. The lowest BCUT2D eigenvalue weighted by atomic mass is 10.2. The van der Waals surface area contributed by atoms with Crippen molar-refractivity contribution in [2.45, 2.75) is 6.54 Å². The molecule has 0 saturated heterocycles. The van der Waals surface area contributed by atoms with Gasteiger partial charge in [0.05, 0.1) is 11.5 Å². The fourth-order valence-electron chi connectivity index (χ4n) is 2.18. The number of nitro groups is 1. The Morgan fingerprint density at radius 3 is 2.76 bits per heavy atom. The largest absolute Gasteiger partial charge is 0.475 e. The minimum atomic E-state index is -1.12. The molecule has 0 fully saturated rings. The molecule has 0 aliphatic rings. The molecule has 7 heteroatoms. The first-order valence-electron chi connectivity index (χ1n) is 6.10. The number of nitrogens with zero attached hydrogens (tertiary/aromatic N) is 2. The average molecular weight is 286 g/mol. The molecule has 1 N–H and O–H groups in total. The number of non-ortho nitro benzene ring substituents is 1. The summed E-state index contributed by atoms with van der Waals surface area (Å²) in [4.78, 5) is 21.1. The molecule has 21 heavy (non-hydrogen) atoms. The van der Waals surface area contributed by atoms with Gasteiger partial charge >= 0.3 is 5.97 Å². The number of carboxylic acid groups (broad SMARTS) is 1. The molecule has 1 aromatic carbocycles. The minimum absolute atomic E-state index is 0.0337. The molecule has 0 unspecified atom stereocenters. The summed E-state index contributed by atoms with van der Waals surface area (Å²) in [5, 5.41) is 20.3. The number of aromatic nitrogens is 1. The van der Waals surface area contributed by atoms with Crippen LogP contribution in [0, 0.1) is 10.1 Å². The molecule has 0 aliphatic heterocycles. The highest BCUT2D eigenvalue weighted by Gasteiger charge is 2.12. The Morgan fingerprint density at radius 2 is 2.10 bits per heavy atom. The van der Waals surface area contributed by atoms with E-state index in [1.165, 1.54) is 18.2 Å². The Balaban J connectivity index is 1.93. The first-order chi connectivity index (χ1) is 10.0. The smallest absolute Gasteiger partial charge is 0.371 e. The summed E-state index contributed by atoms with van der Waals surface area (Å²) in [5.74, 6) is -0.727. The third-order valence-electron chi connectivity index (χ3n) is 3.16. The zero-order chi connectivity index (χ0) is 15.0. The summed E-state index contributed by atoms with van der Waals surface area (Å²) < 4.78 is 7.04. The van der Waals surface area contributed by atoms with Crippen LogP contribution < -0.4 is 0 Å². The highest BCUT2D eigenvalue weighted by Crippen LogP contribution is 2.23. The highest BCUT2D eigenvalue weighted by molar-refractivity contribution is 5.84. The van der Waals surface area contributed by atoms with E-state index in [4.69, 9.17) is 9.52 Å². The van der Waals surface area contributed by atoms with Crippen LogP contribution in [-0.2, 0) is 6.54 Å². The molecule has 0 spiro atoms. The number of nitro benzene ring substituents is 1. The molecule has 7 nitrogen and oxygen atoms in total. The van der Waals surface area contributed by atoms with Gasteiger partial charge in [0, 0.05) is 29.2 Å². The van der Waals surface area contributed by atoms with E-state index in [9.17, 15) is 14.9 Å². The summed E-state index contributed by atoms with van der Waals surface area (Å²) in [6, 6.07) is 9.35. The van der Waals surface area contributed by atoms with Crippen molar-refractivity contribution in [3.05, 3.63) is 64.2 Å². The topological polar surface area (TPSA) is 98.5 Å². The van der Waals surface area contributed by atoms with Crippen LogP contribution in [0.25, 0.3) is 10.9 Å². The zero-order valence-electron chi connectivity index (χ0n) is 10.7. The van der Waals surface area contributed by atoms with Gasteiger partial charge < -0.3 is 14.1 Å². The summed E-state index contributed by atoms with van der Waals surface area (Å²) in [7, 11) is 0. The van der Waals surface area contributed by atoms with Crippen molar-refractivity contribution in [2.75, 3.05) is 0 Å². The Kier molecular flexibility index (Phi) is 2.94. The van der Waals surface area contributed by atoms with E-state index >= 15 is 0 Å². The van der Waals surface area contributed by atoms with Crippen LogP contribution in [0.3, 0.4) is 0 Å². The van der Waals surface area contributed by atoms with Gasteiger partial charge in [0.1, 0.15) is 5.76 Å². The first-order valence-corrected chi connectivity index (χ1v) is 6.10. The van der Waals surface area contributed by atoms with Gasteiger partial charge in [-0.1, -0.05) is 0 Å². The van der Waals surface area contributed by atoms with Crippen LogP contribution in [0.2, 0.25) is 0 Å². The van der Waals surface area contributed by atoms with E-state index in [2.05, 4.69) is 0 Å². The predicted molar refractivity (Wildman–Crippen MR) is 73.4 cm³/mol. The highest BCUT2D eigenvalue weighted by atomic mass is 16.6. The van der Waals surface area contributed by atoms with E-state index in [0.29, 0.717) is 12.3 Å². The molecular weight excluding hydrogens is 276 g/mol. The SMILES string of the molecule is O=C(O)c1ccc(Cn2ccc3cc([N+](=O)[O-])ccc32)o1. The van der Waals surface area contributed by atoms with E-state index < -0.39 is 10.9 Å². The number of benzene rings is 1. The number of hydrogen-bond donors (Lipinski definition) is 1. The van der Waals surface area contributed by atoms with Crippen molar-refractivity contribution in [3.63, 3.8) is 0 Å². The third-order valence-corrected chi connectivity index (χ3v) is 3.16. The Hall–Kier alpha value is -3.09. The second-order valence-electron chi connectivity index (χ2n) is 4.51. The molecule has 106 valence electrons. The number of aromatic carboxylic acids is 1. The standard InChI is InChI=1S/C14H10N2O5/c17-14(18)13-4-2-11(21-13)8-15-6-5-9-7-10(16(19)20)1-3-12(9)15/h1-7H,8H2,(H,17,18). The van der Waals surface area contributed by atoms with Gasteiger partial charge in [-0.2, -0.15) is 0 Å². The van der Waals surface area contributed by atoms with Crippen molar-refractivity contribution in [1.82, 2.24) is 4.57 Å². The molecule has 3 aromatic rings. The normalized spacial score (nSPS) is 10.9. The molecule has 0 saturated carbocycles. The fraction of sp³-hybridized carbons (Fsp3) is 0.0714. The predicted octanol–water partition coefficient (Wildman–Crippen LogP) is 2.89. The van der Waals surface area contributed by atoms with Crippen LogP contribution in [-0.4, -0.2) is 20.6 Å². The lowest BCUT2D eigenvalue weighted by Gasteiger charge is -2.02. The second-order valence-corrected chi connectivity index (χ2v) is 4.51. The van der Waals surface area contributed by atoms with Gasteiger partial charge in [0.2, 0.25) is 5.76 Å². The van der Waals surface area contributed by atoms with Gasteiger partial charge in [-0.3, -0.25) is 10.1 Å². The Morgan fingerprint density at radius 1 is 1.29 bits per heavy atom. The molecular formula is C14H10N2O5. The van der Waals surface area contributed by atoms with Gasteiger partial charge in [0.15, 0.2) is 0 Å². The molecule has 2 aromatic heterocycles. The van der Waals surface area contributed by atoms with Gasteiger partial charge in [-0.15, -0.1) is 0 Å². The molecule has 0 amide bonds. The quantitative estimate of drug-likeness (QED) is 0.587. The molecule has 3 rings (SSSR count). The van der Waals surface area contributed by atoms with Crippen molar-refractivity contribution >= 4 is 22.6 Å². The summed E-state index contributed by atoms with van der Waals surface area (Å²) >= 11 is 0. The van der Waals surface area contributed by atoms with Crippen molar-refractivity contribution in [1.29, 1.82) is 0 Å². The number of rotatable bonds is 4. The maximum atomic E-state index is 10.8. The van der Waals surface area contributed by atoms with E-state index in [0.717, 1.165) is 10.9 Å². The van der Waals surface area contributed by atoms with E-state index in [1.807, 2.05) is 4.57 Å². The summed E-state index contributed by atoms with van der Waals surface area (Å²) in [5.41, 5.74) is 0.847. The molecule has 0 bridgehead atoms. The number of hydrogen-bond acceptors (Lipinski definition) is 4. The maximum Gasteiger partial charge on any atom is 0.371 e. The van der Waals surface area contributed by atoms with Crippen LogP contribution in [0.5, 0.6) is 0 Å². The van der Waals surface area contributed by atoms with Crippen molar-refractivity contribution in [3.8, 4) is 0 Å². The van der Waals surface area contributed by atoms with E-state index in [-0.39, 0.29) is 11.4 Å². The van der Waals surface area contributed by atoms with Crippen LogP contribution >= 0.6 is 0 Å². The Bertz CT molecular complexity index is 846. The molecule has 0 atom stereocenters. The Labute approximate surface area is 118 Å². The number of furan rings is 1. The minimum Gasteiger partial charge on any atom is -0.475 e. The van der Waals surface area contributed by atoms with Crippen molar-refractivity contribution < 1.29 is 19.2 Å². The monoisotopic (exact) mass is 286 g/mol. The zero-order valence-corrected chi connectivity index (χ0v) is 10.7. The second kappa shape index (κ2) is 4.78. The molecule has 0 aliphatic carbocycles. The summed E-state index contributed by atoms with van der Waals surface area (Å²) in [6.07, 6.45) is 1.78. The fourth-order valence-corrected chi connectivity index (χ4v) is 2.18. The third kappa shape index (κ3) is 2.36. The van der Waals surface area contributed by atoms with Gasteiger partial charge in [0.25, 0.3) is 5.69 Å². The lowest BCUT2D eigenvalue weighted by molar-refractivity contribution is -0.384. The maximum absolute atomic E-state index is 10.8. The van der Waals surface area contributed by atoms with E-state index in [1.54, 1.807) is 24.4 Å². The lowest BCUT2D eigenvalue weighted by Crippen LogP contribution is -1.97. The van der Waals surface area contributed by atoms with Gasteiger partial charge in [-0.25, -0.2) is 4.79 Å². The van der Waals surface area contributed by atoms with Crippen LogP contribution in [0.1, 0.15) is 16.3 Å². The van der Waals surface area contributed by atoms with Crippen LogP contribution in [0.4, 0.5) is 5.69 Å². The molecule has 0 radical (unpaired) electrons. The number of fused-ring (bicyclic) bond motifs is 1. The first kappa shape index (κ1) is 12.9. The van der Waals surface area contributed by atoms with Crippen LogP contribution in [0.15, 0.2) is 47.0 Å².